The second-order valence-corrected chi connectivity index (χ2v) is 3.63. The van der Waals surface area contributed by atoms with Crippen LogP contribution < -0.4 is 5.32 Å². The molecule has 0 amide bonds. The van der Waals surface area contributed by atoms with E-state index in [0.29, 0.717) is 0 Å². The maximum Gasteiger partial charge on any atom is 0.112 e. The standard InChI is InChI=1S/C11H15N/c1-9-5-2-3-6-10(9)11-7-4-8-12-11/h2-3,5-6,11-12H,4,7-8H2,1H3/p+1/t11-/m1/s1. The molecule has 1 aliphatic heterocycles. The summed E-state index contributed by atoms with van der Waals surface area (Å²) >= 11 is 0. The number of benzene rings is 1. The van der Waals surface area contributed by atoms with Gasteiger partial charge < -0.3 is 5.32 Å². The van der Waals surface area contributed by atoms with E-state index < -0.39 is 0 Å². The van der Waals surface area contributed by atoms with Gasteiger partial charge in [-0.3, -0.25) is 0 Å². The predicted octanol–water partition coefficient (Wildman–Crippen LogP) is 1.39. The summed E-state index contributed by atoms with van der Waals surface area (Å²) in [5, 5.41) is 2.46. The molecule has 0 aromatic heterocycles. The maximum absolute atomic E-state index is 2.46. The Bertz CT molecular complexity index is 261. The Morgan fingerprint density at radius 1 is 1.33 bits per heavy atom. The summed E-state index contributed by atoms with van der Waals surface area (Å²) in [6.07, 6.45) is 2.73. The molecule has 2 rings (SSSR count). The number of hydrogen-bond acceptors (Lipinski definition) is 0. The van der Waals surface area contributed by atoms with Gasteiger partial charge in [0.15, 0.2) is 0 Å². The van der Waals surface area contributed by atoms with Gasteiger partial charge in [0.2, 0.25) is 0 Å². The van der Waals surface area contributed by atoms with Crippen LogP contribution in [-0.4, -0.2) is 6.54 Å². The van der Waals surface area contributed by atoms with Crippen molar-refractivity contribution in [2.75, 3.05) is 6.54 Å². The number of hydrogen-bond donors (Lipinski definition) is 1. The molecule has 2 N–H and O–H groups in total. The monoisotopic (exact) mass is 162 g/mol. The molecule has 1 aromatic carbocycles. The van der Waals surface area contributed by atoms with Crippen LogP contribution in [0.25, 0.3) is 0 Å². The SMILES string of the molecule is Cc1ccccc1[C@H]1CCC[NH2+]1. The quantitative estimate of drug-likeness (QED) is 0.642. The smallest absolute Gasteiger partial charge is 0.112 e. The highest BCUT2D eigenvalue weighted by atomic mass is 14.9. The summed E-state index contributed by atoms with van der Waals surface area (Å²) < 4.78 is 0. The fraction of sp³-hybridized carbons (Fsp3) is 0.455. The molecule has 1 fully saturated rings. The second-order valence-electron chi connectivity index (χ2n) is 3.63. The third kappa shape index (κ3) is 1.37. The first-order valence-corrected chi connectivity index (χ1v) is 4.77. The molecule has 1 nitrogen and oxygen atoms in total. The number of quaternary nitrogens is 1. The first-order valence-electron chi connectivity index (χ1n) is 4.77. The summed E-state index contributed by atoms with van der Waals surface area (Å²) in [5.74, 6) is 0. The lowest BCUT2D eigenvalue weighted by atomic mass is 10.0. The Balaban J connectivity index is 2.26. The minimum Gasteiger partial charge on any atom is -0.340 e. The molecule has 0 bridgehead atoms. The van der Waals surface area contributed by atoms with E-state index in [4.69, 9.17) is 0 Å². The molecular formula is C11H16N+. The van der Waals surface area contributed by atoms with Gasteiger partial charge in [-0.15, -0.1) is 0 Å². The van der Waals surface area contributed by atoms with Gasteiger partial charge in [-0.05, 0) is 12.5 Å². The second kappa shape index (κ2) is 3.28. The average Bonchev–Trinajstić information content (AvgIpc) is 2.57. The summed E-state index contributed by atoms with van der Waals surface area (Å²) in [6, 6.07) is 9.48. The molecule has 1 heterocycles. The molecule has 1 atom stereocenters. The van der Waals surface area contributed by atoms with E-state index in [1.54, 1.807) is 0 Å². The Morgan fingerprint density at radius 3 is 2.83 bits per heavy atom. The molecule has 64 valence electrons. The van der Waals surface area contributed by atoms with Gasteiger partial charge in [-0.25, -0.2) is 0 Å². The summed E-state index contributed by atoms with van der Waals surface area (Å²) in [6.45, 7) is 3.51. The minimum absolute atomic E-state index is 0.742. The van der Waals surface area contributed by atoms with Crippen molar-refractivity contribution in [3.63, 3.8) is 0 Å². The van der Waals surface area contributed by atoms with Crippen molar-refractivity contribution < 1.29 is 5.32 Å². The van der Waals surface area contributed by atoms with Crippen molar-refractivity contribution >= 4 is 0 Å². The molecule has 0 saturated carbocycles. The fourth-order valence-electron chi connectivity index (χ4n) is 2.06. The van der Waals surface area contributed by atoms with Gasteiger partial charge in [0.1, 0.15) is 6.04 Å². The van der Waals surface area contributed by atoms with Gasteiger partial charge in [0, 0.05) is 18.4 Å². The first kappa shape index (κ1) is 7.81. The third-order valence-electron chi connectivity index (χ3n) is 2.76. The summed E-state index contributed by atoms with van der Waals surface area (Å²) in [5.41, 5.74) is 2.98. The van der Waals surface area contributed by atoms with Crippen LogP contribution >= 0.6 is 0 Å². The van der Waals surface area contributed by atoms with Crippen LogP contribution in [0, 0.1) is 6.92 Å². The number of rotatable bonds is 1. The van der Waals surface area contributed by atoms with Crippen LogP contribution in [0.1, 0.15) is 30.0 Å². The van der Waals surface area contributed by atoms with Crippen molar-refractivity contribution in [2.45, 2.75) is 25.8 Å². The highest BCUT2D eigenvalue weighted by Crippen LogP contribution is 2.20. The average molecular weight is 162 g/mol. The largest absolute Gasteiger partial charge is 0.340 e. The lowest BCUT2D eigenvalue weighted by molar-refractivity contribution is -0.676. The van der Waals surface area contributed by atoms with Crippen molar-refractivity contribution in [1.82, 2.24) is 0 Å². The van der Waals surface area contributed by atoms with E-state index in [0.717, 1.165) is 6.04 Å². The number of aryl methyl sites for hydroxylation is 1. The van der Waals surface area contributed by atoms with Gasteiger partial charge in [-0.2, -0.15) is 0 Å². The molecule has 0 radical (unpaired) electrons. The molecule has 0 unspecified atom stereocenters. The van der Waals surface area contributed by atoms with E-state index in [2.05, 4.69) is 36.5 Å². The lowest BCUT2D eigenvalue weighted by Crippen LogP contribution is -2.81. The topological polar surface area (TPSA) is 16.6 Å². The Kier molecular flexibility index (Phi) is 2.13. The van der Waals surface area contributed by atoms with Gasteiger partial charge in [0.05, 0.1) is 6.54 Å². The van der Waals surface area contributed by atoms with Crippen molar-refractivity contribution in [2.24, 2.45) is 0 Å². The normalized spacial score (nSPS) is 22.9. The highest BCUT2D eigenvalue weighted by Gasteiger charge is 2.20. The maximum atomic E-state index is 2.46. The van der Waals surface area contributed by atoms with E-state index in [-0.39, 0.29) is 0 Å². The zero-order chi connectivity index (χ0) is 8.39. The van der Waals surface area contributed by atoms with E-state index in [9.17, 15) is 0 Å². The number of nitrogens with two attached hydrogens (primary N) is 1. The Hall–Kier alpha value is -0.820. The molecule has 1 aliphatic rings. The third-order valence-corrected chi connectivity index (χ3v) is 2.76. The first-order chi connectivity index (χ1) is 5.88. The zero-order valence-electron chi connectivity index (χ0n) is 7.59. The molecule has 12 heavy (non-hydrogen) atoms. The zero-order valence-corrected chi connectivity index (χ0v) is 7.59. The molecule has 0 spiro atoms. The Labute approximate surface area is 73.8 Å². The molecule has 0 aliphatic carbocycles. The van der Waals surface area contributed by atoms with Crippen LogP contribution in [0.4, 0.5) is 0 Å². The van der Waals surface area contributed by atoms with E-state index in [1.807, 2.05) is 0 Å². The van der Waals surface area contributed by atoms with Crippen molar-refractivity contribution in [3.8, 4) is 0 Å². The molecule has 1 aromatic rings. The molecule has 1 heteroatoms. The van der Waals surface area contributed by atoms with Crippen molar-refractivity contribution in [3.05, 3.63) is 35.4 Å². The van der Waals surface area contributed by atoms with E-state index in [1.165, 1.54) is 30.5 Å². The summed E-state index contributed by atoms with van der Waals surface area (Å²) in [4.78, 5) is 0. The van der Waals surface area contributed by atoms with Crippen LogP contribution in [0.3, 0.4) is 0 Å². The molecular weight excluding hydrogens is 146 g/mol. The van der Waals surface area contributed by atoms with Crippen LogP contribution in [0.5, 0.6) is 0 Å². The van der Waals surface area contributed by atoms with E-state index >= 15 is 0 Å². The lowest BCUT2D eigenvalue weighted by Gasteiger charge is -2.09. The minimum atomic E-state index is 0.742. The molecule has 1 saturated heterocycles. The fourth-order valence-corrected chi connectivity index (χ4v) is 2.06. The summed E-state index contributed by atoms with van der Waals surface area (Å²) in [7, 11) is 0. The van der Waals surface area contributed by atoms with Gasteiger partial charge >= 0.3 is 0 Å². The van der Waals surface area contributed by atoms with Crippen molar-refractivity contribution in [1.29, 1.82) is 0 Å². The predicted molar refractivity (Wildman–Crippen MR) is 49.9 cm³/mol. The van der Waals surface area contributed by atoms with Gasteiger partial charge in [-0.1, -0.05) is 24.3 Å². The van der Waals surface area contributed by atoms with Crippen LogP contribution in [0.15, 0.2) is 24.3 Å². The highest BCUT2D eigenvalue weighted by molar-refractivity contribution is 5.27. The van der Waals surface area contributed by atoms with Gasteiger partial charge in [0.25, 0.3) is 0 Å². The Morgan fingerprint density at radius 2 is 2.17 bits per heavy atom. The van der Waals surface area contributed by atoms with Crippen LogP contribution in [0.2, 0.25) is 0 Å². The van der Waals surface area contributed by atoms with Crippen LogP contribution in [-0.2, 0) is 0 Å².